The Labute approximate surface area is 82.7 Å². The Bertz CT molecular complexity index is 477. The molecule has 5 heteroatoms. The van der Waals surface area contributed by atoms with Crippen LogP contribution >= 0.6 is 0 Å². The summed E-state index contributed by atoms with van der Waals surface area (Å²) in [5.74, 6) is 0.773. The molecule has 0 unspecified atom stereocenters. The van der Waals surface area contributed by atoms with Gasteiger partial charge in [0.2, 0.25) is 0 Å². The number of hydrogen-bond acceptors (Lipinski definition) is 4. The molecule has 0 aliphatic carbocycles. The predicted octanol–water partition coefficient (Wildman–Crippen LogP) is 0.595. The Kier molecular flexibility index (Phi) is 1.30. The van der Waals surface area contributed by atoms with E-state index in [-0.39, 0.29) is 0 Å². The molecule has 0 amide bonds. The monoisotopic (exact) mass is 191 g/mol. The molecule has 0 radical (unpaired) electrons. The maximum absolute atomic E-state index is 7.85. The first kappa shape index (κ1) is 6.78. The van der Waals surface area contributed by atoms with Gasteiger partial charge >= 0.3 is 0 Å². The fourth-order valence-corrected chi connectivity index (χ4v) is 1.59. The molecule has 2 aliphatic heterocycles. The number of rotatable bonds is 0. The lowest BCUT2D eigenvalue weighted by Gasteiger charge is -2.28. The van der Waals surface area contributed by atoms with E-state index in [0.29, 0.717) is 19.5 Å². The number of aryl methyl sites for hydroxylation is 1. The van der Waals surface area contributed by atoms with E-state index in [1.54, 1.807) is 22.0 Å². The molecule has 5 nitrogen and oxygen atoms in total. The molecule has 0 atom stereocenters. The molecular weight excluding hydrogens is 180 g/mol. The van der Waals surface area contributed by atoms with Gasteiger partial charge in [-0.15, -0.1) is 0 Å². The number of hydrogen-bond donors (Lipinski definition) is 0. The summed E-state index contributed by atoms with van der Waals surface area (Å²) in [6.07, 6.45) is 1.68. The van der Waals surface area contributed by atoms with Crippen molar-refractivity contribution in [3.8, 4) is 0 Å². The number of aliphatic imine (C=N–C) groups is 1. The molecule has 2 aliphatic rings. The van der Waals surface area contributed by atoms with Crippen LogP contribution in [0.15, 0.2) is 22.2 Å². The SMILES string of the molecule is [2H]c1cc(C)n2c1C1=NCOCN1C=N2. The van der Waals surface area contributed by atoms with E-state index < -0.39 is 0 Å². The van der Waals surface area contributed by atoms with Crippen LogP contribution in [0.4, 0.5) is 0 Å². The van der Waals surface area contributed by atoms with Crippen LogP contribution in [0.2, 0.25) is 0 Å². The molecular formula is C9H10N4O. The third-order valence-electron chi connectivity index (χ3n) is 2.29. The zero-order chi connectivity index (χ0) is 10.4. The van der Waals surface area contributed by atoms with Crippen LogP contribution in [0, 0.1) is 6.92 Å². The van der Waals surface area contributed by atoms with Gasteiger partial charge in [0.1, 0.15) is 25.5 Å². The molecule has 1 aromatic rings. The highest BCUT2D eigenvalue weighted by atomic mass is 16.5. The number of aromatic nitrogens is 1. The topological polar surface area (TPSA) is 42.1 Å². The number of fused-ring (bicyclic) bond motifs is 3. The normalized spacial score (nSPS) is 19.9. The first-order valence-electron chi connectivity index (χ1n) is 4.90. The van der Waals surface area contributed by atoms with Crippen molar-refractivity contribution in [3.63, 3.8) is 0 Å². The maximum atomic E-state index is 7.85. The zero-order valence-electron chi connectivity index (χ0n) is 8.77. The second-order valence-corrected chi connectivity index (χ2v) is 3.24. The van der Waals surface area contributed by atoms with Crippen molar-refractivity contribution < 1.29 is 6.11 Å². The Morgan fingerprint density at radius 2 is 2.57 bits per heavy atom. The second kappa shape index (κ2) is 2.68. The Morgan fingerprint density at radius 3 is 3.50 bits per heavy atom. The van der Waals surface area contributed by atoms with Gasteiger partial charge in [-0.05, 0) is 19.0 Å². The summed E-state index contributed by atoms with van der Waals surface area (Å²) in [5, 5.41) is 4.23. The Morgan fingerprint density at radius 1 is 1.64 bits per heavy atom. The summed E-state index contributed by atoms with van der Waals surface area (Å²) in [5.41, 5.74) is 1.69. The summed E-state index contributed by atoms with van der Waals surface area (Å²) in [6.45, 7) is 2.73. The smallest absolute Gasteiger partial charge is 0.159 e. The van der Waals surface area contributed by atoms with Gasteiger partial charge in [0, 0.05) is 5.69 Å². The second-order valence-electron chi connectivity index (χ2n) is 3.24. The van der Waals surface area contributed by atoms with E-state index in [2.05, 4.69) is 10.1 Å². The van der Waals surface area contributed by atoms with Crippen molar-refractivity contribution in [2.75, 3.05) is 13.5 Å². The highest BCUT2D eigenvalue weighted by Gasteiger charge is 2.23. The predicted molar refractivity (Wildman–Crippen MR) is 52.3 cm³/mol. The molecule has 72 valence electrons. The van der Waals surface area contributed by atoms with Crippen molar-refractivity contribution in [1.29, 1.82) is 0 Å². The highest BCUT2D eigenvalue weighted by molar-refractivity contribution is 6.05. The Hall–Kier alpha value is -1.62. The number of nitrogens with zero attached hydrogens (tertiary/aromatic N) is 4. The molecule has 0 fully saturated rings. The standard InChI is InChI=1S/C9H10N4O/c1-7-2-3-8-9-10-5-14-6-12(9)4-11-13(7)8/h2-4H,5-6H2,1H3/i3D. The molecule has 0 spiro atoms. The van der Waals surface area contributed by atoms with Crippen molar-refractivity contribution in [2.24, 2.45) is 10.1 Å². The van der Waals surface area contributed by atoms with Gasteiger partial charge in [-0.25, -0.2) is 9.67 Å². The summed E-state index contributed by atoms with van der Waals surface area (Å²) >= 11 is 0. The first-order valence-corrected chi connectivity index (χ1v) is 4.40. The molecule has 0 N–H and O–H groups in total. The van der Waals surface area contributed by atoms with Crippen molar-refractivity contribution in [1.82, 2.24) is 9.58 Å². The van der Waals surface area contributed by atoms with Gasteiger partial charge in [0.05, 0.1) is 1.37 Å². The number of ether oxygens (including phenoxy) is 1. The minimum absolute atomic E-state index is 0.351. The first-order chi connectivity index (χ1) is 7.27. The molecule has 0 saturated heterocycles. The van der Waals surface area contributed by atoms with Crippen molar-refractivity contribution in [2.45, 2.75) is 6.92 Å². The molecule has 3 heterocycles. The average Bonchev–Trinajstić information content (AvgIpc) is 2.55. The van der Waals surface area contributed by atoms with E-state index in [4.69, 9.17) is 6.11 Å². The minimum Gasteiger partial charge on any atom is -0.338 e. The van der Waals surface area contributed by atoms with E-state index >= 15 is 0 Å². The lowest BCUT2D eigenvalue weighted by molar-refractivity contribution is 0.0837. The van der Waals surface area contributed by atoms with E-state index in [0.717, 1.165) is 17.2 Å². The van der Waals surface area contributed by atoms with Gasteiger partial charge in [-0.1, -0.05) is 0 Å². The van der Waals surface area contributed by atoms with Gasteiger partial charge in [-0.3, -0.25) is 4.90 Å². The largest absolute Gasteiger partial charge is 0.338 e. The van der Waals surface area contributed by atoms with Crippen LogP contribution in [0.25, 0.3) is 0 Å². The number of amidine groups is 1. The summed E-state index contributed by atoms with van der Waals surface area (Å²) in [7, 11) is 0. The van der Waals surface area contributed by atoms with E-state index in [1.165, 1.54) is 0 Å². The molecule has 0 bridgehead atoms. The van der Waals surface area contributed by atoms with Crippen LogP contribution in [0.3, 0.4) is 0 Å². The van der Waals surface area contributed by atoms with Gasteiger partial charge in [0.15, 0.2) is 5.84 Å². The fraction of sp³-hybridized carbons (Fsp3) is 0.333. The van der Waals surface area contributed by atoms with Crippen LogP contribution < -0.4 is 0 Å². The van der Waals surface area contributed by atoms with Gasteiger partial charge < -0.3 is 4.74 Å². The molecule has 0 saturated carbocycles. The van der Waals surface area contributed by atoms with E-state index in [9.17, 15) is 0 Å². The van der Waals surface area contributed by atoms with Crippen LogP contribution in [0.5, 0.6) is 0 Å². The van der Waals surface area contributed by atoms with Gasteiger partial charge in [0.25, 0.3) is 0 Å². The lowest BCUT2D eigenvalue weighted by Crippen LogP contribution is -2.40. The fourth-order valence-electron chi connectivity index (χ4n) is 1.59. The zero-order valence-corrected chi connectivity index (χ0v) is 7.77. The quantitative estimate of drug-likeness (QED) is 0.602. The van der Waals surface area contributed by atoms with Crippen molar-refractivity contribution >= 4 is 12.2 Å². The summed E-state index contributed by atoms with van der Waals surface area (Å²) < 4.78 is 14.8. The maximum Gasteiger partial charge on any atom is 0.159 e. The average molecular weight is 191 g/mol. The summed E-state index contributed by atoms with van der Waals surface area (Å²) in [4.78, 5) is 6.06. The van der Waals surface area contributed by atoms with Crippen LogP contribution in [0.1, 0.15) is 12.8 Å². The lowest BCUT2D eigenvalue weighted by atomic mass is 10.3. The molecule has 0 aromatic carbocycles. The van der Waals surface area contributed by atoms with Crippen LogP contribution in [-0.2, 0) is 4.74 Å². The van der Waals surface area contributed by atoms with E-state index in [1.807, 2.05) is 6.92 Å². The summed E-state index contributed by atoms with van der Waals surface area (Å²) in [6, 6.07) is 2.24. The molecule has 14 heavy (non-hydrogen) atoms. The third-order valence-corrected chi connectivity index (χ3v) is 2.29. The minimum atomic E-state index is 0.351. The third kappa shape index (κ3) is 0.927. The van der Waals surface area contributed by atoms with Crippen molar-refractivity contribution in [3.05, 3.63) is 23.5 Å². The molecule has 1 aromatic heterocycles. The van der Waals surface area contributed by atoms with Crippen LogP contribution in [-0.4, -0.2) is 35.2 Å². The molecule has 3 rings (SSSR count). The highest BCUT2D eigenvalue weighted by Crippen LogP contribution is 2.16. The Balaban J connectivity index is 2.23. The van der Waals surface area contributed by atoms with Gasteiger partial charge in [-0.2, -0.15) is 5.10 Å².